The number of aliphatic carboxylic acids is 1. The van der Waals surface area contributed by atoms with Gasteiger partial charge in [-0.15, -0.1) is 0 Å². The van der Waals surface area contributed by atoms with Gasteiger partial charge in [0.2, 0.25) is 0 Å². The van der Waals surface area contributed by atoms with Gasteiger partial charge >= 0.3 is 5.97 Å². The van der Waals surface area contributed by atoms with Crippen LogP contribution in [0.25, 0.3) is 0 Å². The first-order valence-corrected chi connectivity index (χ1v) is 5.74. The molecule has 0 radical (unpaired) electrons. The van der Waals surface area contributed by atoms with Crippen LogP contribution in [-0.2, 0) is 4.79 Å². The monoisotopic (exact) mass is 256 g/mol. The molecule has 1 aliphatic rings. The van der Waals surface area contributed by atoms with E-state index >= 15 is 0 Å². The Hall–Kier alpha value is -1.33. The fraction of sp³-hybridized carbons (Fsp3) is 0.455. The number of aromatic nitrogens is 1. The van der Waals surface area contributed by atoms with Crippen molar-refractivity contribution < 1.29 is 15.0 Å². The molecule has 1 aromatic heterocycles. The van der Waals surface area contributed by atoms with E-state index in [1.807, 2.05) is 4.90 Å². The molecule has 1 aliphatic heterocycles. The molecule has 0 bridgehead atoms. The lowest BCUT2D eigenvalue weighted by Crippen LogP contribution is -2.46. The number of aliphatic hydroxyl groups excluding tert-OH is 1. The second-order valence-electron chi connectivity index (χ2n) is 4.07. The van der Waals surface area contributed by atoms with Crippen molar-refractivity contribution in [3.8, 4) is 0 Å². The van der Waals surface area contributed by atoms with Gasteiger partial charge in [-0.1, -0.05) is 17.7 Å². The fourth-order valence-electron chi connectivity index (χ4n) is 1.96. The molecule has 2 unspecified atom stereocenters. The molecule has 1 aromatic rings. The van der Waals surface area contributed by atoms with Crippen molar-refractivity contribution in [1.82, 2.24) is 4.98 Å². The molecule has 0 spiro atoms. The van der Waals surface area contributed by atoms with Gasteiger partial charge in [0.25, 0.3) is 0 Å². The lowest BCUT2D eigenvalue weighted by Gasteiger charge is -2.34. The summed E-state index contributed by atoms with van der Waals surface area (Å²) in [6.45, 7) is 0.835. The van der Waals surface area contributed by atoms with E-state index in [2.05, 4.69) is 4.98 Å². The summed E-state index contributed by atoms with van der Waals surface area (Å²) in [5.74, 6) is -1.11. The summed E-state index contributed by atoms with van der Waals surface area (Å²) in [7, 11) is 0. The van der Waals surface area contributed by atoms with Gasteiger partial charge in [0.05, 0.1) is 6.10 Å². The zero-order valence-electron chi connectivity index (χ0n) is 9.08. The lowest BCUT2D eigenvalue weighted by atomic mass is 9.95. The van der Waals surface area contributed by atoms with Crippen molar-refractivity contribution in [3.63, 3.8) is 0 Å². The Balaban J connectivity index is 2.16. The number of carboxylic acids is 1. The number of aliphatic hydroxyl groups is 1. The van der Waals surface area contributed by atoms with E-state index in [0.717, 1.165) is 0 Å². The second kappa shape index (κ2) is 4.89. The highest BCUT2D eigenvalue weighted by atomic mass is 35.5. The Morgan fingerprint density at radius 1 is 1.53 bits per heavy atom. The molecule has 2 rings (SSSR count). The predicted molar refractivity (Wildman–Crippen MR) is 63.2 cm³/mol. The fourth-order valence-corrected chi connectivity index (χ4v) is 2.12. The zero-order chi connectivity index (χ0) is 12.4. The third-order valence-electron chi connectivity index (χ3n) is 2.92. The SMILES string of the molecule is O=C(O)C1CN(c2cccc(Cl)n2)CCC1O. The van der Waals surface area contributed by atoms with Gasteiger partial charge < -0.3 is 15.1 Å². The number of hydrogen-bond acceptors (Lipinski definition) is 4. The largest absolute Gasteiger partial charge is 0.481 e. The van der Waals surface area contributed by atoms with Crippen LogP contribution in [0.1, 0.15) is 6.42 Å². The highest BCUT2D eigenvalue weighted by molar-refractivity contribution is 6.29. The summed E-state index contributed by atoms with van der Waals surface area (Å²) in [5, 5.41) is 19.0. The van der Waals surface area contributed by atoms with E-state index < -0.39 is 18.0 Å². The zero-order valence-corrected chi connectivity index (χ0v) is 9.84. The smallest absolute Gasteiger partial charge is 0.310 e. The van der Waals surface area contributed by atoms with Crippen LogP contribution < -0.4 is 4.90 Å². The number of nitrogens with zero attached hydrogens (tertiary/aromatic N) is 2. The van der Waals surface area contributed by atoms with Gasteiger partial charge in [0.15, 0.2) is 0 Å². The Morgan fingerprint density at radius 3 is 2.94 bits per heavy atom. The number of carboxylic acid groups (broad SMARTS) is 1. The molecule has 0 saturated carbocycles. The van der Waals surface area contributed by atoms with Gasteiger partial charge in [-0.25, -0.2) is 4.98 Å². The summed E-state index contributed by atoms with van der Waals surface area (Å²) in [4.78, 5) is 16.9. The maximum atomic E-state index is 11.0. The maximum Gasteiger partial charge on any atom is 0.310 e. The second-order valence-corrected chi connectivity index (χ2v) is 4.45. The molecule has 6 heteroatoms. The molecule has 1 fully saturated rings. The van der Waals surface area contributed by atoms with Gasteiger partial charge in [0.1, 0.15) is 16.9 Å². The number of anilines is 1. The maximum absolute atomic E-state index is 11.0. The first kappa shape index (κ1) is 12.1. The number of halogens is 1. The van der Waals surface area contributed by atoms with E-state index in [9.17, 15) is 9.90 Å². The molecule has 0 amide bonds. The first-order valence-electron chi connectivity index (χ1n) is 5.36. The quantitative estimate of drug-likeness (QED) is 0.773. The van der Waals surface area contributed by atoms with Gasteiger partial charge in [-0.2, -0.15) is 0 Å². The molecule has 92 valence electrons. The van der Waals surface area contributed by atoms with Crippen molar-refractivity contribution in [2.24, 2.45) is 5.92 Å². The third-order valence-corrected chi connectivity index (χ3v) is 3.13. The van der Waals surface area contributed by atoms with E-state index in [1.54, 1.807) is 18.2 Å². The van der Waals surface area contributed by atoms with Crippen LogP contribution in [0.5, 0.6) is 0 Å². The van der Waals surface area contributed by atoms with Crippen molar-refractivity contribution in [3.05, 3.63) is 23.4 Å². The first-order chi connectivity index (χ1) is 8.08. The van der Waals surface area contributed by atoms with Crippen molar-refractivity contribution in [2.75, 3.05) is 18.0 Å². The molecule has 2 N–H and O–H groups in total. The minimum atomic E-state index is -0.982. The minimum Gasteiger partial charge on any atom is -0.481 e. The van der Waals surface area contributed by atoms with Gasteiger partial charge in [-0.3, -0.25) is 4.79 Å². The van der Waals surface area contributed by atoms with Crippen LogP contribution in [0.3, 0.4) is 0 Å². The topological polar surface area (TPSA) is 73.7 Å². The number of pyridine rings is 1. The summed E-state index contributed by atoms with van der Waals surface area (Å²) in [5.41, 5.74) is 0. The molecule has 2 heterocycles. The summed E-state index contributed by atoms with van der Waals surface area (Å²) < 4.78 is 0. The minimum absolute atomic E-state index is 0.254. The number of hydrogen-bond donors (Lipinski definition) is 2. The number of piperidine rings is 1. The molecule has 17 heavy (non-hydrogen) atoms. The molecule has 1 saturated heterocycles. The Bertz CT molecular complexity index is 427. The van der Waals surface area contributed by atoms with Crippen LogP contribution in [-0.4, -0.2) is 40.4 Å². The normalized spacial score (nSPS) is 24.7. The van der Waals surface area contributed by atoms with Crippen LogP contribution in [0.15, 0.2) is 18.2 Å². The van der Waals surface area contributed by atoms with Crippen LogP contribution in [0.2, 0.25) is 5.15 Å². The van der Waals surface area contributed by atoms with E-state index in [4.69, 9.17) is 16.7 Å². The summed E-state index contributed by atoms with van der Waals surface area (Å²) in [6.07, 6.45) is -0.367. The van der Waals surface area contributed by atoms with E-state index in [0.29, 0.717) is 23.9 Å². The predicted octanol–water partition coefficient (Wildman–Crippen LogP) is 1.01. The molecular formula is C11H13ClN2O3. The third kappa shape index (κ3) is 2.68. The standard InChI is InChI=1S/C11H13ClN2O3/c12-9-2-1-3-10(13-9)14-5-4-8(15)7(6-14)11(16)17/h1-3,7-8,15H,4-6H2,(H,16,17). The molecular weight excluding hydrogens is 244 g/mol. The molecule has 0 aliphatic carbocycles. The van der Waals surface area contributed by atoms with Crippen LogP contribution in [0, 0.1) is 5.92 Å². The highest BCUT2D eigenvalue weighted by Gasteiger charge is 2.33. The van der Waals surface area contributed by atoms with Gasteiger partial charge in [-0.05, 0) is 18.6 Å². The Labute approximate surface area is 104 Å². The van der Waals surface area contributed by atoms with Crippen LogP contribution >= 0.6 is 11.6 Å². The van der Waals surface area contributed by atoms with E-state index in [-0.39, 0.29) is 6.54 Å². The number of rotatable bonds is 2. The van der Waals surface area contributed by atoms with E-state index in [1.165, 1.54) is 0 Å². The Morgan fingerprint density at radius 2 is 2.29 bits per heavy atom. The van der Waals surface area contributed by atoms with Crippen molar-refractivity contribution in [1.29, 1.82) is 0 Å². The van der Waals surface area contributed by atoms with Crippen molar-refractivity contribution >= 4 is 23.4 Å². The lowest BCUT2D eigenvalue weighted by molar-refractivity contribution is -0.146. The average molecular weight is 257 g/mol. The molecule has 0 aromatic carbocycles. The van der Waals surface area contributed by atoms with Gasteiger partial charge in [0, 0.05) is 13.1 Å². The summed E-state index contributed by atoms with van der Waals surface area (Å²) >= 11 is 5.79. The Kier molecular flexibility index (Phi) is 3.49. The summed E-state index contributed by atoms with van der Waals surface area (Å²) in [6, 6.07) is 5.21. The van der Waals surface area contributed by atoms with Crippen molar-refractivity contribution in [2.45, 2.75) is 12.5 Å². The molecule has 5 nitrogen and oxygen atoms in total. The van der Waals surface area contributed by atoms with Crippen LogP contribution in [0.4, 0.5) is 5.82 Å². The highest BCUT2D eigenvalue weighted by Crippen LogP contribution is 2.23. The average Bonchev–Trinajstić information content (AvgIpc) is 2.29. The number of carbonyl (C=O) groups is 1. The molecule has 2 atom stereocenters.